The third-order valence-electron chi connectivity index (χ3n) is 5.80. The highest BCUT2D eigenvalue weighted by Gasteiger charge is 2.31. The Balaban J connectivity index is 0.00000320. The van der Waals surface area contributed by atoms with Crippen molar-refractivity contribution in [3.63, 3.8) is 0 Å². The number of nitrogens with zero attached hydrogens (tertiary/aromatic N) is 2. The van der Waals surface area contributed by atoms with Gasteiger partial charge in [-0.3, -0.25) is 4.79 Å². The van der Waals surface area contributed by atoms with Gasteiger partial charge in [-0.25, -0.2) is 4.99 Å². The second kappa shape index (κ2) is 12.2. The van der Waals surface area contributed by atoms with Crippen LogP contribution in [-0.2, 0) is 11.3 Å². The zero-order valence-corrected chi connectivity index (χ0v) is 20.4. The number of nitrogens with one attached hydrogen (secondary N) is 2. The zero-order chi connectivity index (χ0) is 20.6. The molecule has 1 heterocycles. The van der Waals surface area contributed by atoms with Gasteiger partial charge >= 0.3 is 0 Å². The summed E-state index contributed by atoms with van der Waals surface area (Å²) in [4.78, 5) is 19.4. The van der Waals surface area contributed by atoms with Crippen molar-refractivity contribution in [2.24, 2.45) is 10.9 Å². The number of guanidine groups is 1. The minimum absolute atomic E-state index is 0. The lowest BCUT2D eigenvalue weighted by atomic mass is 9.88. The van der Waals surface area contributed by atoms with Crippen LogP contribution >= 0.6 is 24.0 Å². The van der Waals surface area contributed by atoms with Gasteiger partial charge in [-0.2, -0.15) is 0 Å². The number of amides is 1. The van der Waals surface area contributed by atoms with Gasteiger partial charge in [-0.1, -0.05) is 25.3 Å². The summed E-state index contributed by atoms with van der Waals surface area (Å²) < 4.78 is 5.08. The number of carbonyl (C=O) groups excluding carboxylic acids is 1. The number of halogens is 1. The van der Waals surface area contributed by atoms with E-state index in [4.69, 9.17) is 4.74 Å². The Morgan fingerprint density at radius 3 is 2.70 bits per heavy atom. The normalized spacial score (nSPS) is 19.9. The third-order valence-corrected chi connectivity index (χ3v) is 5.80. The Morgan fingerprint density at radius 2 is 2.03 bits per heavy atom. The predicted molar refractivity (Wildman–Crippen MR) is 130 cm³/mol. The van der Waals surface area contributed by atoms with Crippen molar-refractivity contribution in [2.45, 2.75) is 58.0 Å². The largest absolute Gasteiger partial charge is 0.504 e. The number of benzene rings is 1. The molecule has 3 N–H and O–H groups in total. The van der Waals surface area contributed by atoms with E-state index in [1.54, 1.807) is 12.1 Å². The van der Waals surface area contributed by atoms with Crippen LogP contribution in [0.3, 0.4) is 0 Å². The molecule has 1 atom stereocenters. The Bertz CT molecular complexity index is 722. The minimum Gasteiger partial charge on any atom is -0.504 e. The Labute approximate surface area is 196 Å². The highest BCUT2D eigenvalue weighted by Crippen LogP contribution is 2.27. The van der Waals surface area contributed by atoms with Gasteiger partial charge < -0.3 is 25.4 Å². The van der Waals surface area contributed by atoms with Crippen molar-refractivity contribution in [3.8, 4) is 11.5 Å². The van der Waals surface area contributed by atoms with E-state index in [1.165, 1.54) is 26.4 Å². The van der Waals surface area contributed by atoms with Crippen LogP contribution in [0, 0.1) is 5.92 Å². The summed E-state index contributed by atoms with van der Waals surface area (Å²) in [6.07, 6.45) is 6.67. The second-order valence-corrected chi connectivity index (χ2v) is 7.95. The number of rotatable bonds is 6. The summed E-state index contributed by atoms with van der Waals surface area (Å²) >= 11 is 0. The first-order chi connectivity index (χ1) is 14.1. The second-order valence-electron chi connectivity index (χ2n) is 7.95. The van der Waals surface area contributed by atoms with Gasteiger partial charge in [0.1, 0.15) is 0 Å². The van der Waals surface area contributed by atoms with Crippen molar-refractivity contribution < 1.29 is 14.6 Å². The smallest absolute Gasteiger partial charge is 0.225 e. The number of hydrogen-bond acceptors (Lipinski definition) is 4. The van der Waals surface area contributed by atoms with E-state index in [9.17, 15) is 9.90 Å². The van der Waals surface area contributed by atoms with Crippen molar-refractivity contribution >= 4 is 35.8 Å². The first kappa shape index (κ1) is 24.6. The monoisotopic (exact) mass is 530 g/mol. The van der Waals surface area contributed by atoms with Crippen LogP contribution in [-0.4, -0.2) is 54.7 Å². The molecule has 0 radical (unpaired) electrons. The van der Waals surface area contributed by atoms with Crippen LogP contribution in [0.4, 0.5) is 0 Å². The Morgan fingerprint density at radius 1 is 1.27 bits per heavy atom. The number of methoxy groups -OCH3 is 1. The van der Waals surface area contributed by atoms with E-state index in [1.807, 2.05) is 17.9 Å². The number of likely N-dealkylation sites (tertiary alicyclic amines) is 1. The van der Waals surface area contributed by atoms with E-state index in [2.05, 4.69) is 15.6 Å². The molecular weight excluding hydrogens is 495 g/mol. The minimum atomic E-state index is 0. The lowest BCUT2D eigenvalue weighted by Gasteiger charge is -2.26. The molecule has 1 saturated carbocycles. The van der Waals surface area contributed by atoms with Gasteiger partial charge in [0.25, 0.3) is 0 Å². The molecule has 8 heteroatoms. The molecule has 7 nitrogen and oxygen atoms in total. The molecule has 168 valence electrons. The highest BCUT2D eigenvalue weighted by atomic mass is 127. The van der Waals surface area contributed by atoms with Gasteiger partial charge in [0.15, 0.2) is 17.5 Å². The summed E-state index contributed by atoms with van der Waals surface area (Å²) in [5, 5.41) is 16.7. The SMILES string of the molecule is CCNC(=NCc1ccc(OC)c(O)c1)NC1CCN(C(=O)C2CCCCC2)C1.I. The maximum Gasteiger partial charge on any atom is 0.225 e. The molecule has 30 heavy (non-hydrogen) atoms. The molecule has 1 amide bonds. The number of aromatic hydroxyl groups is 1. The summed E-state index contributed by atoms with van der Waals surface area (Å²) in [5.41, 5.74) is 0.904. The average molecular weight is 530 g/mol. The maximum atomic E-state index is 12.8. The van der Waals surface area contributed by atoms with Crippen molar-refractivity contribution in [1.29, 1.82) is 0 Å². The summed E-state index contributed by atoms with van der Waals surface area (Å²) in [5.74, 6) is 1.87. The standard InChI is InChI=1S/C22H34N4O3.HI/c1-3-23-22(24-14-16-9-10-20(29-2)19(27)13-16)25-18-11-12-26(15-18)21(28)17-7-5-4-6-8-17;/h9-10,13,17-18,27H,3-8,11-12,14-15H2,1-2H3,(H2,23,24,25);1H. The van der Waals surface area contributed by atoms with Crippen molar-refractivity contribution in [2.75, 3.05) is 26.7 Å². The van der Waals surface area contributed by atoms with E-state index in [-0.39, 0.29) is 41.7 Å². The van der Waals surface area contributed by atoms with Gasteiger partial charge in [0.05, 0.1) is 13.7 Å². The lowest BCUT2D eigenvalue weighted by Crippen LogP contribution is -2.45. The number of hydrogen-bond donors (Lipinski definition) is 3. The van der Waals surface area contributed by atoms with Gasteiger partial charge in [-0.15, -0.1) is 24.0 Å². The van der Waals surface area contributed by atoms with E-state index in [0.717, 1.165) is 50.4 Å². The Hall–Kier alpha value is -1.71. The van der Waals surface area contributed by atoms with Crippen LogP contribution in [0.1, 0.15) is 51.0 Å². The predicted octanol–water partition coefficient (Wildman–Crippen LogP) is 3.26. The van der Waals surface area contributed by atoms with Crippen LogP contribution < -0.4 is 15.4 Å². The molecule has 1 unspecified atom stereocenters. The van der Waals surface area contributed by atoms with Gasteiger partial charge in [0, 0.05) is 31.6 Å². The molecule has 0 spiro atoms. The molecular formula is C22H35IN4O3. The molecule has 2 fully saturated rings. The molecule has 2 aliphatic rings. The molecule has 1 saturated heterocycles. The lowest BCUT2D eigenvalue weighted by molar-refractivity contribution is -0.135. The van der Waals surface area contributed by atoms with Gasteiger partial charge in [0.2, 0.25) is 5.91 Å². The first-order valence-electron chi connectivity index (χ1n) is 10.8. The number of ether oxygens (including phenoxy) is 1. The fourth-order valence-electron chi connectivity index (χ4n) is 4.20. The average Bonchev–Trinajstić information content (AvgIpc) is 3.21. The third kappa shape index (κ3) is 6.65. The molecule has 0 aromatic heterocycles. The topological polar surface area (TPSA) is 86.2 Å². The first-order valence-corrected chi connectivity index (χ1v) is 10.8. The quantitative estimate of drug-likeness (QED) is 0.299. The molecule has 1 aliphatic carbocycles. The van der Waals surface area contributed by atoms with Crippen LogP contribution in [0.25, 0.3) is 0 Å². The molecule has 3 rings (SSSR count). The van der Waals surface area contributed by atoms with Crippen LogP contribution in [0.15, 0.2) is 23.2 Å². The molecule has 1 aliphatic heterocycles. The van der Waals surface area contributed by atoms with E-state index >= 15 is 0 Å². The Kier molecular flexibility index (Phi) is 10.0. The number of phenolic OH excluding ortho intramolecular Hbond substituents is 1. The van der Waals surface area contributed by atoms with Crippen molar-refractivity contribution in [3.05, 3.63) is 23.8 Å². The zero-order valence-electron chi connectivity index (χ0n) is 18.0. The molecule has 0 bridgehead atoms. The summed E-state index contributed by atoms with van der Waals surface area (Å²) in [6.45, 7) is 4.80. The van der Waals surface area contributed by atoms with Crippen LogP contribution in [0.2, 0.25) is 0 Å². The van der Waals surface area contributed by atoms with Crippen molar-refractivity contribution in [1.82, 2.24) is 15.5 Å². The van der Waals surface area contributed by atoms with Gasteiger partial charge in [-0.05, 0) is 43.9 Å². The van der Waals surface area contributed by atoms with Crippen LogP contribution in [0.5, 0.6) is 11.5 Å². The number of aliphatic imine (C=N–C) groups is 1. The van der Waals surface area contributed by atoms with E-state index < -0.39 is 0 Å². The molecule has 1 aromatic carbocycles. The summed E-state index contributed by atoms with van der Waals surface area (Å²) in [7, 11) is 1.53. The molecule has 1 aromatic rings. The maximum absolute atomic E-state index is 12.8. The number of phenols is 1. The fraction of sp³-hybridized carbons (Fsp3) is 0.636. The number of carbonyl (C=O) groups is 1. The summed E-state index contributed by atoms with van der Waals surface area (Å²) in [6, 6.07) is 5.52. The fourth-order valence-corrected chi connectivity index (χ4v) is 4.20. The highest BCUT2D eigenvalue weighted by molar-refractivity contribution is 14.0. The van der Waals surface area contributed by atoms with E-state index in [0.29, 0.717) is 18.2 Å².